The number of amidine groups is 1. The van der Waals surface area contributed by atoms with Crippen LogP contribution in [-0.2, 0) is 14.3 Å². The van der Waals surface area contributed by atoms with Gasteiger partial charge in [-0.15, -0.1) is 0 Å². The lowest BCUT2D eigenvalue weighted by Gasteiger charge is -2.37. The van der Waals surface area contributed by atoms with Gasteiger partial charge in [-0.2, -0.15) is 0 Å². The molecule has 0 radical (unpaired) electrons. The molecule has 0 aromatic heterocycles. The first-order chi connectivity index (χ1) is 15.0. The van der Waals surface area contributed by atoms with Crippen LogP contribution in [0.15, 0.2) is 22.5 Å². The third-order valence-electron chi connectivity index (χ3n) is 5.68. The van der Waals surface area contributed by atoms with Gasteiger partial charge in [-0.25, -0.2) is 9.79 Å². The number of carbonyl (C=O) groups is 3. The SMILES string of the molecule is COC1=C(/N=C(\N)C(C)OC)C(=O)C[C@@H](C)[C@]12Oc1c(Cl)c(C(=O)O)cc(OC)c1C2=O. The molecular formula is C21H23ClN2O8. The van der Waals surface area contributed by atoms with Crippen molar-refractivity contribution >= 4 is 35.0 Å². The minimum Gasteiger partial charge on any atom is -0.496 e. The van der Waals surface area contributed by atoms with Gasteiger partial charge in [-0.3, -0.25) is 9.59 Å². The number of hydrogen-bond donors (Lipinski definition) is 2. The van der Waals surface area contributed by atoms with Crippen LogP contribution in [0, 0.1) is 5.92 Å². The monoisotopic (exact) mass is 466 g/mol. The van der Waals surface area contributed by atoms with E-state index in [0.717, 1.165) is 6.07 Å². The van der Waals surface area contributed by atoms with Gasteiger partial charge in [0, 0.05) is 19.4 Å². The summed E-state index contributed by atoms with van der Waals surface area (Å²) in [6, 6.07) is 1.15. The van der Waals surface area contributed by atoms with Gasteiger partial charge in [0.25, 0.3) is 0 Å². The average molecular weight is 467 g/mol. The van der Waals surface area contributed by atoms with Crippen LogP contribution in [0.2, 0.25) is 5.02 Å². The number of aromatic carboxylic acids is 1. The fourth-order valence-electron chi connectivity index (χ4n) is 3.85. The summed E-state index contributed by atoms with van der Waals surface area (Å²) < 4.78 is 22.0. The number of halogens is 1. The molecule has 3 N–H and O–H groups in total. The number of carbonyl (C=O) groups excluding carboxylic acids is 2. The number of nitrogens with zero attached hydrogens (tertiary/aromatic N) is 1. The van der Waals surface area contributed by atoms with E-state index in [1.165, 1.54) is 21.3 Å². The minimum atomic E-state index is -1.81. The number of fused-ring (bicyclic) bond motifs is 1. The second kappa shape index (κ2) is 8.44. The van der Waals surface area contributed by atoms with Crippen molar-refractivity contribution in [1.29, 1.82) is 0 Å². The molecule has 11 heteroatoms. The standard InChI is InChI=1S/C21H23ClN2O8/c1-8-6-11(25)15(24-19(23)9(2)29-3)18(31-5)21(8)17(26)13-12(30-4)7-10(20(27)28)14(22)16(13)32-21/h7-9H,6H2,1-5H3,(H2,23,24)(H,27,28)/t8-,9?,21-/m1/s1. The third kappa shape index (κ3) is 3.30. The molecule has 0 amide bonds. The smallest absolute Gasteiger partial charge is 0.337 e. The number of rotatable bonds is 6. The van der Waals surface area contributed by atoms with E-state index in [-0.39, 0.29) is 51.4 Å². The summed E-state index contributed by atoms with van der Waals surface area (Å²) in [5.74, 6) is -3.35. The normalized spacial score (nSPS) is 23.8. The van der Waals surface area contributed by atoms with Gasteiger partial charge in [0.2, 0.25) is 11.4 Å². The van der Waals surface area contributed by atoms with E-state index in [0.29, 0.717) is 0 Å². The fourth-order valence-corrected chi connectivity index (χ4v) is 4.12. The summed E-state index contributed by atoms with van der Waals surface area (Å²) in [5.41, 5.74) is 3.62. The molecule has 1 heterocycles. The van der Waals surface area contributed by atoms with Crippen molar-refractivity contribution in [2.24, 2.45) is 16.6 Å². The summed E-state index contributed by atoms with van der Waals surface area (Å²) in [4.78, 5) is 42.4. The number of benzene rings is 1. The van der Waals surface area contributed by atoms with Crippen LogP contribution in [0.25, 0.3) is 0 Å². The van der Waals surface area contributed by atoms with Crippen molar-refractivity contribution < 1.29 is 38.4 Å². The molecule has 0 fully saturated rings. The zero-order valence-corrected chi connectivity index (χ0v) is 18.9. The van der Waals surface area contributed by atoms with Crippen molar-refractivity contribution in [1.82, 2.24) is 0 Å². The summed E-state index contributed by atoms with van der Waals surface area (Å²) in [5, 5.41) is 9.22. The number of Topliss-reactive ketones (excluding diaryl/α,β-unsaturated/α-hetero) is 2. The first-order valence-electron chi connectivity index (χ1n) is 9.61. The maximum atomic E-state index is 13.8. The van der Waals surface area contributed by atoms with E-state index >= 15 is 0 Å². The Morgan fingerprint density at radius 1 is 1.34 bits per heavy atom. The molecule has 1 aliphatic heterocycles. The summed E-state index contributed by atoms with van der Waals surface area (Å²) >= 11 is 6.29. The van der Waals surface area contributed by atoms with E-state index < -0.39 is 35.2 Å². The molecule has 1 aliphatic carbocycles. The molecule has 3 rings (SSSR count). The number of aliphatic imine (C=N–C) groups is 1. The molecule has 1 aromatic carbocycles. The third-order valence-corrected chi connectivity index (χ3v) is 6.05. The lowest BCUT2D eigenvalue weighted by Crippen LogP contribution is -2.53. The van der Waals surface area contributed by atoms with E-state index in [1.54, 1.807) is 13.8 Å². The van der Waals surface area contributed by atoms with Crippen molar-refractivity contribution in [2.75, 3.05) is 21.3 Å². The fraction of sp³-hybridized carbons (Fsp3) is 0.429. The van der Waals surface area contributed by atoms with E-state index in [2.05, 4.69) is 4.99 Å². The Labute approximate surface area is 188 Å². The van der Waals surface area contributed by atoms with Crippen LogP contribution in [0.3, 0.4) is 0 Å². The number of ether oxygens (including phenoxy) is 4. The lowest BCUT2D eigenvalue weighted by atomic mass is 9.74. The summed E-state index contributed by atoms with van der Waals surface area (Å²) in [6.45, 7) is 3.28. The topological polar surface area (TPSA) is 147 Å². The molecule has 1 unspecified atom stereocenters. The summed E-state index contributed by atoms with van der Waals surface area (Å²) in [6.07, 6.45) is -0.708. The van der Waals surface area contributed by atoms with Crippen LogP contribution in [-0.4, -0.2) is 61.5 Å². The Morgan fingerprint density at radius 3 is 2.53 bits per heavy atom. The molecule has 0 saturated carbocycles. The van der Waals surface area contributed by atoms with E-state index in [1.807, 2.05) is 0 Å². The Hall–Kier alpha value is -3.11. The highest BCUT2D eigenvalue weighted by molar-refractivity contribution is 6.36. The highest BCUT2D eigenvalue weighted by Gasteiger charge is 2.61. The molecule has 172 valence electrons. The van der Waals surface area contributed by atoms with Crippen molar-refractivity contribution in [3.8, 4) is 11.5 Å². The van der Waals surface area contributed by atoms with Gasteiger partial charge in [-0.1, -0.05) is 18.5 Å². The summed E-state index contributed by atoms with van der Waals surface area (Å²) in [7, 11) is 3.99. The van der Waals surface area contributed by atoms with Gasteiger partial charge in [0.15, 0.2) is 23.0 Å². The molecule has 10 nitrogen and oxygen atoms in total. The van der Waals surface area contributed by atoms with Crippen LogP contribution >= 0.6 is 11.6 Å². The maximum absolute atomic E-state index is 13.8. The van der Waals surface area contributed by atoms with Crippen LogP contribution < -0.4 is 15.2 Å². The first-order valence-corrected chi connectivity index (χ1v) is 9.99. The van der Waals surface area contributed by atoms with E-state index in [9.17, 15) is 19.5 Å². The quantitative estimate of drug-likeness (QED) is 0.475. The number of allylic oxidation sites excluding steroid dienone is 1. The molecule has 0 saturated heterocycles. The zero-order chi connectivity index (χ0) is 24.0. The van der Waals surface area contributed by atoms with Gasteiger partial charge in [0.1, 0.15) is 23.3 Å². The highest BCUT2D eigenvalue weighted by Crippen LogP contribution is 2.54. The molecule has 32 heavy (non-hydrogen) atoms. The Balaban J connectivity index is 2.31. The van der Waals surface area contributed by atoms with Crippen LogP contribution in [0.1, 0.15) is 41.0 Å². The second-order valence-corrected chi connectivity index (χ2v) is 7.82. The predicted octanol–water partition coefficient (Wildman–Crippen LogP) is 2.22. The van der Waals surface area contributed by atoms with Gasteiger partial charge >= 0.3 is 5.97 Å². The Morgan fingerprint density at radius 2 is 2.00 bits per heavy atom. The lowest BCUT2D eigenvalue weighted by molar-refractivity contribution is -0.119. The molecule has 1 aromatic rings. The van der Waals surface area contributed by atoms with Crippen molar-refractivity contribution in [3.05, 3.63) is 33.7 Å². The second-order valence-electron chi connectivity index (χ2n) is 7.44. The number of hydrogen-bond acceptors (Lipinski definition) is 8. The van der Waals surface area contributed by atoms with Crippen molar-refractivity contribution in [2.45, 2.75) is 32.0 Å². The number of nitrogens with two attached hydrogens (primary N) is 1. The highest BCUT2D eigenvalue weighted by atomic mass is 35.5. The number of ketones is 2. The molecule has 0 bridgehead atoms. The van der Waals surface area contributed by atoms with Gasteiger partial charge < -0.3 is 29.8 Å². The van der Waals surface area contributed by atoms with E-state index in [4.69, 9.17) is 36.3 Å². The van der Waals surface area contributed by atoms with Gasteiger partial charge in [0.05, 0.1) is 24.8 Å². The molecule has 1 spiro atoms. The largest absolute Gasteiger partial charge is 0.496 e. The Bertz CT molecular complexity index is 1080. The van der Waals surface area contributed by atoms with Gasteiger partial charge in [-0.05, 0) is 13.0 Å². The number of carboxylic acids is 1. The van der Waals surface area contributed by atoms with Crippen molar-refractivity contribution in [3.63, 3.8) is 0 Å². The Kier molecular flexibility index (Phi) is 6.21. The average Bonchev–Trinajstić information content (AvgIpc) is 3.06. The minimum absolute atomic E-state index is 0.00170. The molecule has 3 atom stereocenters. The molecule has 2 aliphatic rings. The molecular weight excluding hydrogens is 444 g/mol. The number of methoxy groups -OCH3 is 3. The van der Waals surface area contributed by atoms with Crippen LogP contribution in [0.5, 0.6) is 11.5 Å². The zero-order valence-electron chi connectivity index (χ0n) is 18.1. The first kappa shape index (κ1) is 23.6. The predicted molar refractivity (Wildman–Crippen MR) is 114 cm³/mol. The van der Waals surface area contributed by atoms with Crippen LogP contribution in [0.4, 0.5) is 0 Å². The maximum Gasteiger partial charge on any atom is 0.337 e. The number of carboxylic acid groups (broad SMARTS) is 1.